The summed E-state index contributed by atoms with van der Waals surface area (Å²) in [6, 6.07) is 6.11. The molecule has 10 nitrogen and oxygen atoms in total. The zero-order valence-electron chi connectivity index (χ0n) is 18.3. The van der Waals surface area contributed by atoms with Crippen LogP contribution in [0.25, 0.3) is 0 Å². The predicted octanol–water partition coefficient (Wildman–Crippen LogP) is 2.59. The van der Waals surface area contributed by atoms with Crippen LogP contribution >= 0.6 is 0 Å². The highest BCUT2D eigenvalue weighted by atomic mass is 16.6. The highest BCUT2D eigenvalue weighted by molar-refractivity contribution is 5.94. The van der Waals surface area contributed by atoms with Gasteiger partial charge in [0.2, 0.25) is 5.91 Å². The number of nitro benzene ring substituents is 1. The first kappa shape index (κ1) is 22.4. The molecular weight excluding hydrogens is 400 g/mol. The maximum absolute atomic E-state index is 12.5. The summed E-state index contributed by atoms with van der Waals surface area (Å²) in [5.41, 5.74) is 1.27. The number of nitrogens with zero attached hydrogens (tertiary/aromatic N) is 5. The number of aryl methyl sites for hydroxylation is 1. The number of ether oxygens (including phenoxy) is 1. The van der Waals surface area contributed by atoms with E-state index in [-0.39, 0.29) is 29.8 Å². The van der Waals surface area contributed by atoms with Crippen molar-refractivity contribution >= 4 is 23.1 Å². The molecule has 1 aromatic heterocycles. The van der Waals surface area contributed by atoms with Crippen LogP contribution < -0.4 is 15.0 Å². The summed E-state index contributed by atoms with van der Waals surface area (Å²) in [4.78, 5) is 36.4. The molecule has 0 atom stereocenters. The zero-order chi connectivity index (χ0) is 22.5. The van der Waals surface area contributed by atoms with E-state index in [1.54, 1.807) is 0 Å². The Balaban J connectivity index is 1.57. The molecule has 1 saturated heterocycles. The molecule has 0 saturated carbocycles. The van der Waals surface area contributed by atoms with Crippen LogP contribution in [0.5, 0.6) is 5.75 Å². The molecule has 10 heteroatoms. The number of aromatic nitrogens is 2. The Morgan fingerprint density at radius 3 is 2.55 bits per heavy atom. The van der Waals surface area contributed by atoms with Crippen molar-refractivity contribution in [1.82, 2.24) is 14.9 Å². The van der Waals surface area contributed by atoms with Crippen LogP contribution in [0.2, 0.25) is 0 Å². The van der Waals surface area contributed by atoms with Gasteiger partial charge in [0.1, 0.15) is 17.4 Å². The number of rotatable bonds is 7. The summed E-state index contributed by atoms with van der Waals surface area (Å²) >= 11 is 0. The quantitative estimate of drug-likeness (QED) is 0.529. The first-order valence-corrected chi connectivity index (χ1v) is 10.2. The normalized spacial score (nSPS) is 14.5. The number of amides is 1. The molecule has 1 aliphatic rings. The Morgan fingerprint density at radius 1 is 1.23 bits per heavy atom. The van der Waals surface area contributed by atoms with Gasteiger partial charge in [-0.1, -0.05) is 13.8 Å². The van der Waals surface area contributed by atoms with Crippen LogP contribution in [0.15, 0.2) is 24.3 Å². The van der Waals surface area contributed by atoms with Gasteiger partial charge in [0.05, 0.1) is 30.3 Å². The topological polar surface area (TPSA) is 114 Å². The van der Waals surface area contributed by atoms with Crippen LogP contribution in [0.4, 0.5) is 17.2 Å². The first-order chi connectivity index (χ1) is 14.8. The second-order valence-electron chi connectivity index (χ2n) is 7.83. The Labute approximate surface area is 181 Å². The number of carbonyl (C=O) groups excluding carboxylic acids is 1. The molecule has 0 bridgehead atoms. The molecule has 1 N–H and O–H groups in total. The smallest absolute Gasteiger partial charge is 0.273 e. The molecule has 166 valence electrons. The number of nitro groups is 1. The lowest BCUT2D eigenvalue weighted by Crippen LogP contribution is -2.49. The lowest BCUT2D eigenvalue weighted by molar-refractivity contribution is -0.384. The highest BCUT2D eigenvalue weighted by Crippen LogP contribution is 2.29. The fourth-order valence-electron chi connectivity index (χ4n) is 3.42. The van der Waals surface area contributed by atoms with E-state index in [1.807, 2.05) is 13.0 Å². The van der Waals surface area contributed by atoms with Crippen LogP contribution in [0.1, 0.15) is 31.3 Å². The molecule has 2 aromatic rings. The van der Waals surface area contributed by atoms with Gasteiger partial charge in [-0.15, -0.1) is 0 Å². The standard InChI is InChI=1S/C21H28N6O4/c1-14(2)21-22-15(3)11-19(24-21)26-9-7-25(8-10-26)13-20(28)23-17-6-5-16(27(29)30)12-18(17)31-4/h5-6,11-12,14H,7-10,13H2,1-4H3,(H,23,28). The molecule has 2 heterocycles. The van der Waals surface area contributed by atoms with Crippen molar-refractivity contribution in [3.8, 4) is 5.75 Å². The maximum atomic E-state index is 12.5. The van der Waals surface area contributed by atoms with Gasteiger partial charge in [-0.25, -0.2) is 9.97 Å². The van der Waals surface area contributed by atoms with Gasteiger partial charge in [0.15, 0.2) is 0 Å². The van der Waals surface area contributed by atoms with Crippen molar-refractivity contribution in [1.29, 1.82) is 0 Å². The molecule has 1 aliphatic heterocycles. The minimum atomic E-state index is -0.503. The summed E-state index contributed by atoms with van der Waals surface area (Å²) in [6.45, 7) is 9.35. The van der Waals surface area contributed by atoms with Crippen molar-refractivity contribution in [3.05, 3.63) is 45.9 Å². The Morgan fingerprint density at radius 2 is 1.94 bits per heavy atom. The van der Waals surface area contributed by atoms with Crippen molar-refractivity contribution in [2.75, 3.05) is 50.1 Å². The number of piperazine rings is 1. The molecule has 1 aromatic carbocycles. The largest absolute Gasteiger partial charge is 0.494 e. The number of hydrogen-bond donors (Lipinski definition) is 1. The molecule has 3 rings (SSSR count). The second kappa shape index (κ2) is 9.69. The lowest BCUT2D eigenvalue weighted by Gasteiger charge is -2.35. The van der Waals surface area contributed by atoms with E-state index < -0.39 is 4.92 Å². The summed E-state index contributed by atoms with van der Waals surface area (Å²) in [5.74, 6) is 2.10. The van der Waals surface area contributed by atoms with E-state index >= 15 is 0 Å². The summed E-state index contributed by atoms with van der Waals surface area (Å²) in [7, 11) is 1.41. The molecule has 1 fully saturated rings. The number of anilines is 2. The van der Waals surface area contributed by atoms with Crippen LogP contribution in [0, 0.1) is 17.0 Å². The van der Waals surface area contributed by atoms with Gasteiger partial charge in [-0.05, 0) is 13.0 Å². The Kier molecular flexibility index (Phi) is 7.01. The van der Waals surface area contributed by atoms with Crippen LogP contribution in [0.3, 0.4) is 0 Å². The number of non-ortho nitro benzene ring substituents is 1. The average Bonchev–Trinajstić information content (AvgIpc) is 2.73. The van der Waals surface area contributed by atoms with Gasteiger partial charge < -0.3 is 15.0 Å². The van der Waals surface area contributed by atoms with Gasteiger partial charge in [-0.2, -0.15) is 0 Å². The van der Waals surface area contributed by atoms with Crippen molar-refractivity contribution in [3.63, 3.8) is 0 Å². The molecule has 0 aliphatic carbocycles. The van der Waals surface area contributed by atoms with E-state index in [0.717, 1.165) is 43.5 Å². The summed E-state index contributed by atoms with van der Waals surface area (Å²) < 4.78 is 5.17. The van der Waals surface area contributed by atoms with Crippen molar-refractivity contribution < 1.29 is 14.5 Å². The fourth-order valence-corrected chi connectivity index (χ4v) is 3.42. The molecule has 0 radical (unpaired) electrons. The van der Waals surface area contributed by atoms with Crippen molar-refractivity contribution in [2.45, 2.75) is 26.7 Å². The number of methoxy groups -OCH3 is 1. The van der Waals surface area contributed by atoms with Gasteiger partial charge in [0.25, 0.3) is 5.69 Å². The fraction of sp³-hybridized carbons (Fsp3) is 0.476. The van der Waals surface area contributed by atoms with E-state index in [4.69, 9.17) is 9.72 Å². The molecular formula is C21H28N6O4. The predicted molar refractivity (Wildman–Crippen MR) is 118 cm³/mol. The SMILES string of the molecule is COc1cc([N+](=O)[O-])ccc1NC(=O)CN1CCN(c2cc(C)nc(C(C)C)n2)CC1. The number of hydrogen-bond acceptors (Lipinski definition) is 8. The third-order valence-corrected chi connectivity index (χ3v) is 5.11. The van der Waals surface area contributed by atoms with E-state index in [1.165, 1.54) is 25.3 Å². The molecule has 1 amide bonds. The minimum Gasteiger partial charge on any atom is -0.494 e. The third kappa shape index (κ3) is 5.66. The van der Waals surface area contributed by atoms with Gasteiger partial charge in [-0.3, -0.25) is 19.8 Å². The monoisotopic (exact) mass is 428 g/mol. The van der Waals surface area contributed by atoms with Gasteiger partial charge >= 0.3 is 0 Å². The van der Waals surface area contributed by atoms with E-state index in [9.17, 15) is 14.9 Å². The van der Waals surface area contributed by atoms with Crippen molar-refractivity contribution in [2.24, 2.45) is 0 Å². The second-order valence-corrected chi connectivity index (χ2v) is 7.83. The Bertz CT molecular complexity index is 957. The third-order valence-electron chi connectivity index (χ3n) is 5.11. The van der Waals surface area contributed by atoms with Gasteiger partial charge in [0, 0.05) is 49.9 Å². The molecule has 0 unspecified atom stereocenters. The van der Waals surface area contributed by atoms with E-state index in [0.29, 0.717) is 5.69 Å². The van der Waals surface area contributed by atoms with E-state index in [2.05, 4.69) is 33.9 Å². The zero-order valence-corrected chi connectivity index (χ0v) is 18.3. The number of nitrogens with one attached hydrogen (secondary N) is 1. The highest BCUT2D eigenvalue weighted by Gasteiger charge is 2.22. The minimum absolute atomic E-state index is 0.0912. The van der Waals surface area contributed by atoms with Crippen LogP contribution in [-0.2, 0) is 4.79 Å². The first-order valence-electron chi connectivity index (χ1n) is 10.2. The summed E-state index contributed by atoms with van der Waals surface area (Å²) in [5, 5.41) is 13.7. The maximum Gasteiger partial charge on any atom is 0.273 e. The summed E-state index contributed by atoms with van der Waals surface area (Å²) in [6.07, 6.45) is 0. The molecule has 31 heavy (non-hydrogen) atoms. The number of benzene rings is 1. The number of carbonyl (C=O) groups is 1. The average molecular weight is 428 g/mol. The molecule has 0 spiro atoms. The Hall–Kier alpha value is -3.27. The van der Waals surface area contributed by atoms with Crippen LogP contribution in [-0.4, -0.2) is 65.5 Å². The lowest BCUT2D eigenvalue weighted by atomic mass is 10.2.